The van der Waals surface area contributed by atoms with Crippen LogP contribution in [0.4, 0.5) is 0 Å². The van der Waals surface area contributed by atoms with Crippen LogP contribution >= 0.6 is 0 Å². The van der Waals surface area contributed by atoms with Crippen molar-refractivity contribution in [1.29, 1.82) is 0 Å². The molecule has 0 saturated carbocycles. The molecule has 0 aliphatic carbocycles. The maximum absolute atomic E-state index is 5.67. The largest absolute Gasteiger partial charge is 0.378 e. The highest BCUT2D eigenvalue weighted by molar-refractivity contribution is 4.86. The van der Waals surface area contributed by atoms with Gasteiger partial charge in [0, 0.05) is 19.1 Å². The first-order chi connectivity index (χ1) is 8.28. The summed E-state index contributed by atoms with van der Waals surface area (Å²) in [7, 11) is 1.79. The second kappa shape index (κ2) is 6.07. The first-order valence-corrected chi connectivity index (χ1v) is 6.35. The van der Waals surface area contributed by atoms with E-state index < -0.39 is 0 Å². The Morgan fingerprint density at radius 1 is 1.59 bits per heavy atom. The number of nitrogens with one attached hydrogen (secondary N) is 1. The lowest BCUT2D eigenvalue weighted by Gasteiger charge is -2.19. The van der Waals surface area contributed by atoms with Crippen molar-refractivity contribution in [2.24, 2.45) is 7.05 Å². The van der Waals surface area contributed by atoms with Crippen molar-refractivity contribution in [1.82, 2.24) is 25.5 Å². The van der Waals surface area contributed by atoms with Crippen molar-refractivity contribution in [3.8, 4) is 0 Å². The topological polar surface area (TPSA) is 64.9 Å². The van der Waals surface area contributed by atoms with Crippen molar-refractivity contribution in [3.05, 3.63) is 5.82 Å². The minimum Gasteiger partial charge on any atom is -0.378 e. The smallest absolute Gasteiger partial charge is 0.176 e. The third-order valence-corrected chi connectivity index (χ3v) is 3.04. The number of rotatable bonds is 6. The minimum absolute atomic E-state index is 0.382. The van der Waals surface area contributed by atoms with Gasteiger partial charge in [0.1, 0.15) is 0 Å². The van der Waals surface area contributed by atoms with Gasteiger partial charge in [-0.3, -0.25) is 0 Å². The van der Waals surface area contributed by atoms with Crippen LogP contribution in [0.15, 0.2) is 0 Å². The molecule has 1 aromatic heterocycles. The maximum atomic E-state index is 5.67. The van der Waals surface area contributed by atoms with Gasteiger partial charge in [-0.2, -0.15) is 4.80 Å². The number of nitrogens with zero attached hydrogens (tertiary/aromatic N) is 4. The van der Waals surface area contributed by atoms with Gasteiger partial charge in [0.05, 0.1) is 13.2 Å². The van der Waals surface area contributed by atoms with Crippen LogP contribution in [0.3, 0.4) is 0 Å². The molecule has 0 spiro atoms. The van der Waals surface area contributed by atoms with Crippen LogP contribution < -0.4 is 5.32 Å². The number of ether oxygens (including phenoxy) is 1. The molecule has 2 heterocycles. The normalized spacial score (nSPS) is 21.9. The average Bonchev–Trinajstić information content (AvgIpc) is 2.91. The molecule has 6 nitrogen and oxygen atoms in total. The summed E-state index contributed by atoms with van der Waals surface area (Å²) in [4.78, 5) is 1.50. The zero-order chi connectivity index (χ0) is 12.1. The van der Waals surface area contributed by atoms with E-state index in [1.54, 1.807) is 7.05 Å². The van der Waals surface area contributed by atoms with Crippen molar-refractivity contribution in [2.75, 3.05) is 13.2 Å². The Labute approximate surface area is 102 Å². The Morgan fingerprint density at radius 3 is 3.06 bits per heavy atom. The Bertz CT molecular complexity index is 334. The summed E-state index contributed by atoms with van der Waals surface area (Å²) in [5.74, 6) is 0.802. The van der Waals surface area contributed by atoms with E-state index in [-0.39, 0.29) is 0 Å². The maximum Gasteiger partial charge on any atom is 0.176 e. The molecule has 1 N–H and O–H groups in total. The third kappa shape index (κ3) is 3.74. The van der Waals surface area contributed by atoms with E-state index in [2.05, 4.69) is 27.7 Å². The SMILES string of the molecule is CCNC(Cc1nnn(C)n1)CC1CCCO1. The van der Waals surface area contributed by atoms with Crippen molar-refractivity contribution < 1.29 is 4.74 Å². The molecular weight excluding hydrogens is 218 g/mol. The fraction of sp³-hybridized carbons (Fsp3) is 0.909. The molecule has 0 bridgehead atoms. The second-order valence-corrected chi connectivity index (χ2v) is 4.52. The molecule has 0 amide bonds. The van der Waals surface area contributed by atoms with E-state index in [1.807, 2.05) is 0 Å². The van der Waals surface area contributed by atoms with Gasteiger partial charge >= 0.3 is 0 Å². The lowest BCUT2D eigenvalue weighted by Crippen LogP contribution is -2.34. The predicted octanol–water partition coefficient (Wildman–Crippen LogP) is 0.300. The molecule has 2 atom stereocenters. The minimum atomic E-state index is 0.382. The molecule has 1 fully saturated rings. The molecule has 0 aromatic carbocycles. The van der Waals surface area contributed by atoms with Gasteiger partial charge in [0.25, 0.3) is 0 Å². The van der Waals surface area contributed by atoms with Crippen LogP contribution in [0.25, 0.3) is 0 Å². The molecule has 1 aliphatic heterocycles. The third-order valence-electron chi connectivity index (χ3n) is 3.04. The van der Waals surface area contributed by atoms with E-state index in [0.29, 0.717) is 12.1 Å². The summed E-state index contributed by atoms with van der Waals surface area (Å²) < 4.78 is 5.67. The second-order valence-electron chi connectivity index (χ2n) is 4.52. The molecule has 1 aliphatic rings. The predicted molar refractivity (Wildman–Crippen MR) is 63.6 cm³/mol. The van der Waals surface area contributed by atoms with Crippen LogP contribution in [0.2, 0.25) is 0 Å². The summed E-state index contributed by atoms with van der Waals surface area (Å²) in [5, 5.41) is 15.6. The van der Waals surface area contributed by atoms with E-state index in [4.69, 9.17) is 4.74 Å². The highest BCUT2D eigenvalue weighted by Crippen LogP contribution is 2.18. The van der Waals surface area contributed by atoms with Gasteiger partial charge in [0.2, 0.25) is 0 Å². The molecule has 2 unspecified atom stereocenters. The fourth-order valence-corrected chi connectivity index (χ4v) is 2.30. The van der Waals surface area contributed by atoms with Crippen LogP contribution in [-0.4, -0.2) is 45.5 Å². The van der Waals surface area contributed by atoms with E-state index in [0.717, 1.165) is 31.8 Å². The zero-order valence-electron chi connectivity index (χ0n) is 10.6. The van der Waals surface area contributed by atoms with Gasteiger partial charge in [-0.25, -0.2) is 0 Å². The summed E-state index contributed by atoms with van der Waals surface area (Å²) >= 11 is 0. The van der Waals surface area contributed by atoms with Gasteiger partial charge in [-0.1, -0.05) is 6.92 Å². The number of hydrogen-bond donors (Lipinski definition) is 1. The molecule has 0 radical (unpaired) electrons. The van der Waals surface area contributed by atoms with Gasteiger partial charge < -0.3 is 10.1 Å². The monoisotopic (exact) mass is 239 g/mol. The summed E-state index contributed by atoms with van der Waals surface area (Å²) in [6.07, 6.45) is 4.62. The highest BCUT2D eigenvalue weighted by atomic mass is 16.5. The fourth-order valence-electron chi connectivity index (χ4n) is 2.30. The molecule has 1 saturated heterocycles. The number of tetrazole rings is 1. The van der Waals surface area contributed by atoms with E-state index in [1.165, 1.54) is 17.6 Å². The quantitative estimate of drug-likeness (QED) is 0.773. The van der Waals surface area contributed by atoms with Gasteiger partial charge in [-0.05, 0) is 31.0 Å². The van der Waals surface area contributed by atoms with Crippen molar-refractivity contribution >= 4 is 0 Å². The first-order valence-electron chi connectivity index (χ1n) is 6.35. The summed E-state index contributed by atoms with van der Waals surface area (Å²) in [5.41, 5.74) is 0. The zero-order valence-corrected chi connectivity index (χ0v) is 10.6. The number of aromatic nitrogens is 4. The lowest BCUT2D eigenvalue weighted by atomic mass is 10.0. The Morgan fingerprint density at radius 2 is 2.47 bits per heavy atom. The Balaban J connectivity index is 1.87. The molecular formula is C11H21N5O. The molecule has 96 valence electrons. The number of likely N-dealkylation sites (N-methyl/N-ethyl adjacent to an activating group) is 1. The summed E-state index contributed by atoms with van der Waals surface area (Å²) in [6.45, 7) is 3.98. The van der Waals surface area contributed by atoms with E-state index in [9.17, 15) is 0 Å². The van der Waals surface area contributed by atoms with Crippen LogP contribution in [0.1, 0.15) is 32.0 Å². The Kier molecular flexibility index (Phi) is 4.44. The Hall–Kier alpha value is -1.01. The van der Waals surface area contributed by atoms with Gasteiger partial charge in [-0.15, -0.1) is 10.2 Å². The number of hydrogen-bond acceptors (Lipinski definition) is 5. The molecule has 17 heavy (non-hydrogen) atoms. The number of aryl methyl sites for hydroxylation is 1. The van der Waals surface area contributed by atoms with Gasteiger partial charge in [0.15, 0.2) is 5.82 Å². The lowest BCUT2D eigenvalue weighted by molar-refractivity contribution is 0.0945. The first kappa shape index (κ1) is 12.4. The van der Waals surface area contributed by atoms with Crippen LogP contribution in [0.5, 0.6) is 0 Å². The molecule has 2 rings (SSSR count). The van der Waals surface area contributed by atoms with Crippen LogP contribution in [0, 0.1) is 0 Å². The highest BCUT2D eigenvalue weighted by Gasteiger charge is 2.21. The molecule has 6 heteroatoms. The molecule has 1 aromatic rings. The van der Waals surface area contributed by atoms with Crippen LogP contribution in [-0.2, 0) is 18.2 Å². The standard InChI is InChI=1S/C11H21N5O/c1-3-12-9(7-10-5-4-6-17-10)8-11-13-15-16(2)14-11/h9-10,12H,3-8H2,1-2H3. The van der Waals surface area contributed by atoms with Crippen molar-refractivity contribution in [2.45, 2.75) is 44.8 Å². The summed E-state index contributed by atoms with van der Waals surface area (Å²) in [6, 6.07) is 0.382. The average molecular weight is 239 g/mol. The van der Waals surface area contributed by atoms with Crippen molar-refractivity contribution in [3.63, 3.8) is 0 Å². The van der Waals surface area contributed by atoms with E-state index >= 15 is 0 Å².